The second kappa shape index (κ2) is 26.6. The first-order valence-electron chi connectivity index (χ1n) is 42.3. The van der Waals surface area contributed by atoms with E-state index in [-0.39, 0.29) is 21.7 Å². The molecule has 0 bridgehead atoms. The molecule has 2 aliphatic rings. The molecule has 0 amide bonds. The highest BCUT2D eigenvalue weighted by atomic mass is 79.9. The molecule has 0 atom stereocenters. The Bertz CT molecular complexity index is 7180. The van der Waals surface area contributed by atoms with Gasteiger partial charge < -0.3 is 18.3 Å². The molecule has 0 N–H and O–H groups in total. The molecule has 0 saturated carbocycles. The van der Waals surface area contributed by atoms with Gasteiger partial charge in [0.2, 0.25) is 0 Å². The third-order valence-electron chi connectivity index (χ3n) is 26.9. The zero-order valence-electron chi connectivity index (χ0n) is 69.9. The summed E-state index contributed by atoms with van der Waals surface area (Å²) < 4.78 is 12.0. The van der Waals surface area contributed by atoms with Crippen molar-refractivity contribution in [3.05, 3.63) is 415 Å². The van der Waals surface area contributed by atoms with Gasteiger partial charge in [-0.25, -0.2) is 0 Å². The minimum absolute atomic E-state index is 0.0122. The number of halogens is 2. The number of benzene rings is 16. The molecule has 16 aromatic carbocycles. The molecule has 6 heteroatoms. The molecule has 582 valence electrons. The van der Waals surface area contributed by atoms with Crippen LogP contribution in [0.25, 0.3) is 143 Å². The van der Waals surface area contributed by atoms with Crippen LogP contribution >= 0.6 is 31.9 Å². The first-order valence-corrected chi connectivity index (χ1v) is 43.9. The van der Waals surface area contributed by atoms with Crippen molar-refractivity contribution >= 4 is 119 Å². The third kappa shape index (κ3) is 11.1. The van der Waals surface area contributed by atoms with Crippen LogP contribution < -0.4 is 0 Å². The first kappa shape index (κ1) is 74.0. The smallest absolute Gasteiger partial charge is 0.0714 e. The van der Waals surface area contributed by atoms with Crippen molar-refractivity contribution in [2.24, 2.45) is 0 Å². The van der Waals surface area contributed by atoms with E-state index >= 15 is 0 Å². The zero-order chi connectivity index (χ0) is 82.0. The fourth-order valence-electron chi connectivity index (χ4n) is 20.9. The highest BCUT2D eigenvalue weighted by Crippen LogP contribution is 2.60. The molecule has 0 unspecified atom stereocenters. The Morgan fingerprint density at radius 2 is 0.408 bits per heavy atom. The van der Waals surface area contributed by atoms with Gasteiger partial charge in [0.15, 0.2) is 0 Å². The lowest BCUT2D eigenvalue weighted by molar-refractivity contribution is 0.590. The Hall–Kier alpha value is -12.3. The van der Waals surface area contributed by atoms with Gasteiger partial charge >= 0.3 is 0 Å². The molecule has 0 fully saturated rings. The predicted octanol–water partition coefficient (Wildman–Crippen LogP) is 31.2. The standard InChI is InChI=1S/C114H92Br2N4/c1-109(2,3)71-33-49-83(50-34-71)119-105-57-41-77(65-93(105)95-67-79(115)43-59-107(95)119)113(97-25-17-13-21-85(97)86-22-14-18-26-98(86)113)75-39-55-103-91(63-75)92-64-76(40-56-104(92)118(103)82-47-31-70(32-48-82)69-29-45-81(46-30-69)117-101-53-37-73(111(7,8)9)61-89(101)90-62-74(112(10,11)12)38-54-102(90)117)114(99-27-19-15-23-87(99)88-24-16-20-28-100(88)114)78-42-58-106-94(66-78)96-68-80(116)44-60-108(96)120(106)84-51-35-72(36-52-84)110(4,5)6/h13-68H,1-12H3. The second-order valence-electron chi connectivity index (χ2n) is 37.9. The first-order chi connectivity index (χ1) is 57.8. The van der Waals surface area contributed by atoms with E-state index < -0.39 is 10.8 Å². The van der Waals surface area contributed by atoms with Gasteiger partial charge in [-0.3, -0.25) is 0 Å². The molecule has 20 aromatic rings. The average Bonchev–Trinajstić information content (AvgIpc) is 1.52. The predicted molar refractivity (Wildman–Crippen MR) is 514 cm³/mol. The van der Waals surface area contributed by atoms with Gasteiger partial charge in [0.25, 0.3) is 0 Å². The summed E-state index contributed by atoms with van der Waals surface area (Å²) in [5.41, 5.74) is 34.9. The molecule has 0 saturated heterocycles. The minimum Gasteiger partial charge on any atom is -0.309 e. The number of hydrogen-bond acceptors (Lipinski definition) is 0. The number of hydrogen-bond donors (Lipinski definition) is 0. The summed E-state index contributed by atoms with van der Waals surface area (Å²) in [5, 5.41) is 9.73. The monoisotopic (exact) mass is 1670 g/mol. The maximum absolute atomic E-state index is 3.98. The molecular weight excluding hydrogens is 1590 g/mol. The molecule has 4 heterocycles. The van der Waals surface area contributed by atoms with Crippen LogP contribution in [-0.2, 0) is 32.5 Å². The summed E-state index contributed by atoms with van der Waals surface area (Å²) in [6.07, 6.45) is 0. The largest absolute Gasteiger partial charge is 0.309 e. The Morgan fingerprint density at radius 1 is 0.200 bits per heavy atom. The van der Waals surface area contributed by atoms with E-state index in [1.807, 2.05) is 0 Å². The van der Waals surface area contributed by atoms with Crippen LogP contribution in [0.2, 0.25) is 0 Å². The van der Waals surface area contributed by atoms with E-state index in [1.165, 1.54) is 143 Å². The van der Waals surface area contributed by atoms with Crippen molar-refractivity contribution in [2.45, 2.75) is 116 Å². The Kier molecular flexibility index (Phi) is 16.4. The van der Waals surface area contributed by atoms with Crippen LogP contribution in [0.1, 0.15) is 150 Å². The van der Waals surface area contributed by atoms with E-state index in [2.05, 4.69) is 473 Å². The SMILES string of the molecule is CC(C)(C)c1ccc(-n2c3ccc(Br)cc3c3cc(C4(c5ccc6c(c5)c5cc(C7(c8ccc9c(c8)c8cc(Br)ccc8n9-c8ccc(C(C)(C)C)cc8)c8ccccc8-c8ccccc87)ccc5n6-c5ccc(-c6ccc(-n7c8ccc(C(C)(C)C)cc8c8cc(C(C)(C)C)ccc87)cc6)cc5)c5ccccc5-c5ccccc54)ccc32)cc1. The van der Waals surface area contributed by atoms with Gasteiger partial charge in [-0.15, -0.1) is 0 Å². The second-order valence-corrected chi connectivity index (χ2v) is 39.8. The highest BCUT2D eigenvalue weighted by Gasteiger charge is 2.49. The van der Waals surface area contributed by atoms with Gasteiger partial charge in [-0.2, -0.15) is 0 Å². The van der Waals surface area contributed by atoms with Crippen LogP contribution in [0, 0.1) is 0 Å². The van der Waals surface area contributed by atoms with Crippen LogP contribution in [0.15, 0.2) is 349 Å². The molecule has 4 aromatic heterocycles. The molecule has 22 rings (SSSR count). The van der Waals surface area contributed by atoms with Crippen molar-refractivity contribution in [3.63, 3.8) is 0 Å². The number of rotatable bonds is 9. The van der Waals surface area contributed by atoms with Crippen LogP contribution in [0.5, 0.6) is 0 Å². The fraction of sp³-hybridized carbons (Fsp3) is 0.158. The lowest BCUT2D eigenvalue weighted by Crippen LogP contribution is -2.28. The zero-order valence-corrected chi connectivity index (χ0v) is 73.0. The maximum atomic E-state index is 3.98. The van der Waals surface area contributed by atoms with E-state index in [0.717, 1.165) is 75.9 Å². The van der Waals surface area contributed by atoms with Crippen molar-refractivity contribution in [2.75, 3.05) is 0 Å². The molecule has 120 heavy (non-hydrogen) atoms. The summed E-state index contributed by atoms with van der Waals surface area (Å²) in [5.74, 6) is 0. The summed E-state index contributed by atoms with van der Waals surface area (Å²) in [7, 11) is 0. The quantitative estimate of drug-likeness (QED) is 0.137. The normalized spacial score (nSPS) is 13.9. The van der Waals surface area contributed by atoms with E-state index in [9.17, 15) is 0 Å². The Labute approximate surface area is 718 Å². The van der Waals surface area contributed by atoms with Gasteiger partial charge in [-0.05, 0) is 280 Å². The van der Waals surface area contributed by atoms with Gasteiger partial charge in [-0.1, -0.05) is 297 Å². The van der Waals surface area contributed by atoms with Crippen LogP contribution in [-0.4, -0.2) is 18.3 Å². The van der Waals surface area contributed by atoms with Gasteiger partial charge in [0, 0.05) is 74.8 Å². The average molecular weight is 1680 g/mol. The lowest BCUT2D eigenvalue weighted by Gasteiger charge is -2.34. The van der Waals surface area contributed by atoms with Crippen molar-refractivity contribution in [1.82, 2.24) is 18.3 Å². The van der Waals surface area contributed by atoms with Gasteiger partial charge in [0.05, 0.1) is 55.0 Å². The Balaban J connectivity index is 0.768. The molecule has 0 radical (unpaired) electrons. The van der Waals surface area contributed by atoms with E-state index in [4.69, 9.17) is 0 Å². The topological polar surface area (TPSA) is 19.7 Å². The van der Waals surface area contributed by atoms with Crippen molar-refractivity contribution < 1.29 is 0 Å². The van der Waals surface area contributed by atoms with Crippen LogP contribution in [0.4, 0.5) is 0 Å². The molecule has 4 nitrogen and oxygen atoms in total. The maximum Gasteiger partial charge on any atom is 0.0714 e. The summed E-state index contributed by atoms with van der Waals surface area (Å²) >= 11 is 7.95. The lowest BCUT2D eigenvalue weighted by atomic mass is 9.67. The highest BCUT2D eigenvalue weighted by molar-refractivity contribution is 9.10. The van der Waals surface area contributed by atoms with Gasteiger partial charge in [0.1, 0.15) is 0 Å². The van der Waals surface area contributed by atoms with Crippen molar-refractivity contribution in [3.8, 4) is 56.1 Å². The van der Waals surface area contributed by atoms with E-state index in [1.54, 1.807) is 0 Å². The van der Waals surface area contributed by atoms with Crippen molar-refractivity contribution in [1.29, 1.82) is 0 Å². The summed E-state index contributed by atoms with van der Waals surface area (Å²) in [6.45, 7) is 27.6. The molecule has 2 aliphatic carbocycles. The van der Waals surface area contributed by atoms with Crippen LogP contribution in [0.3, 0.4) is 0 Å². The molecule has 0 spiro atoms. The fourth-order valence-corrected chi connectivity index (χ4v) is 21.6. The molecular formula is C114H92Br2N4. The summed E-state index contributed by atoms with van der Waals surface area (Å²) in [6, 6.07) is 131. The number of aromatic nitrogens is 4. The Morgan fingerprint density at radius 3 is 0.667 bits per heavy atom. The number of fused-ring (bicyclic) bond motifs is 18. The minimum atomic E-state index is -0.760. The molecule has 0 aliphatic heterocycles. The summed E-state index contributed by atoms with van der Waals surface area (Å²) in [4.78, 5) is 0. The number of nitrogens with zero attached hydrogens (tertiary/aromatic N) is 4. The third-order valence-corrected chi connectivity index (χ3v) is 27.9. The van der Waals surface area contributed by atoms with E-state index in [0.29, 0.717) is 0 Å².